The van der Waals surface area contributed by atoms with Crippen molar-refractivity contribution in [1.82, 2.24) is 20.3 Å². The predicted molar refractivity (Wildman–Crippen MR) is 196 cm³/mol. The lowest BCUT2D eigenvalue weighted by molar-refractivity contribution is -0.678. The summed E-state index contributed by atoms with van der Waals surface area (Å²) in [5.74, 6) is -0.861. The molecule has 0 spiro atoms. The first-order valence-electron chi connectivity index (χ1n) is 17.7. The molecule has 0 aliphatic carbocycles. The Bertz CT molecular complexity index is 2010. The summed E-state index contributed by atoms with van der Waals surface area (Å²) < 4.78 is 13.4. The normalized spacial score (nSPS) is 15.7. The van der Waals surface area contributed by atoms with Crippen LogP contribution in [-0.4, -0.2) is 72.7 Å². The molecule has 0 saturated carbocycles. The van der Waals surface area contributed by atoms with Crippen LogP contribution in [0, 0.1) is 0 Å². The molecule has 0 unspecified atom stereocenters. The maximum atomic E-state index is 12.7. The van der Waals surface area contributed by atoms with Gasteiger partial charge in [-0.2, -0.15) is 0 Å². The molecule has 14 heteroatoms. The standard InChI is InChI=1S/C39H38Cl2N8O4/c40-30-3-1-5-34(24-30)46-19-15-44(16-20-46)26-36-38(50)52-42-48(36)32-11-7-28(8-12-32)23-29-9-13-33(14-10-29)49-37(39(51)53-43-49)27-45-17-21-47(22-18-45)35-6-2-4-31(41)25-35/h1-14,24-25H,15-23,26-27H2. The summed E-state index contributed by atoms with van der Waals surface area (Å²) in [4.78, 5) is 9.08. The van der Waals surface area contributed by atoms with Crippen molar-refractivity contribution in [2.75, 3.05) is 62.2 Å². The summed E-state index contributed by atoms with van der Waals surface area (Å²) in [5.41, 5.74) is 6.91. The van der Waals surface area contributed by atoms with Gasteiger partial charge in [0.1, 0.15) is 0 Å². The zero-order valence-electron chi connectivity index (χ0n) is 29.0. The minimum absolute atomic E-state index is 0.430. The fourth-order valence-corrected chi connectivity index (χ4v) is 7.41. The van der Waals surface area contributed by atoms with Gasteiger partial charge in [0.2, 0.25) is 11.4 Å². The Hall–Kier alpha value is -5.14. The molecule has 53 heavy (non-hydrogen) atoms. The van der Waals surface area contributed by atoms with E-state index in [4.69, 9.17) is 32.2 Å². The van der Waals surface area contributed by atoms with Gasteiger partial charge in [-0.15, -0.1) is 0 Å². The lowest BCUT2D eigenvalue weighted by Gasteiger charge is -2.35. The van der Waals surface area contributed by atoms with Crippen molar-refractivity contribution in [3.63, 3.8) is 0 Å². The Labute approximate surface area is 317 Å². The van der Waals surface area contributed by atoms with Crippen molar-refractivity contribution in [2.24, 2.45) is 0 Å². The number of hydrogen-bond donors (Lipinski definition) is 0. The van der Waals surface area contributed by atoms with Gasteiger partial charge in [0, 0.05) is 98.0 Å². The van der Waals surface area contributed by atoms with E-state index in [1.165, 1.54) is 0 Å². The quantitative estimate of drug-likeness (QED) is 0.191. The van der Waals surface area contributed by atoms with E-state index >= 15 is 0 Å². The second kappa shape index (κ2) is 15.5. The topological polar surface area (TPSA) is 119 Å². The number of hydrogen-bond acceptors (Lipinski definition) is 10. The number of aromatic nitrogens is 4. The van der Waals surface area contributed by atoms with E-state index in [9.17, 15) is 10.2 Å². The van der Waals surface area contributed by atoms with Crippen molar-refractivity contribution >= 4 is 34.6 Å². The van der Waals surface area contributed by atoms with Crippen LogP contribution >= 0.6 is 23.2 Å². The third kappa shape index (κ3) is 7.96. The van der Waals surface area contributed by atoms with Gasteiger partial charge in [0.15, 0.2) is 11.9 Å². The highest BCUT2D eigenvalue weighted by Crippen LogP contribution is 2.24. The third-order valence-electron chi connectivity index (χ3n) is 10.0. The first kappa shape index (κ1) is 34.9. The smallest absolute Gasteiger partial charge is 0.254 e. The van der Waals surface area contributed by atoms with Crippen LogP contribution in [0.25, 0.3) is 11.4 Å². The minimum atomic E-state index is -0.430. The van der Waals surface area contributed by atoms with Gasteiger partial charge in [0.25, 0.3) is 11.4 Å². The van der Waals surface area contributed by atoms with Crippen LogP contribution in [0.2, 0.25) is 10.0 Å². The van der Waals surface area contributed by atoms with E-state index in [0.29, 0.717) is 30.9 Å². The zero-order chi connectivity index (χ0) is 36.3. The van der Waals surface area contributed by atoms with E-state index in [2.05, 4.69) is 42.3 Å². The molecule has 2 aliphatic rings. The Morgan fingerprint density at radius 3 is 1.32 bits per heavy atom. The van der Waals surface area contributed by atoms with Crippen molar-refractivity contribution in [1.29, 1.82) is 0 Å². The fraction of sp³-hybridized carbons (Fsp3) is 0.282. The maximum Gasteiger partial charge on any atom is 0.254 e. The molecule has 8 rings (SSSR count). The average Bonchev–Trinajstić information content (AvgIpc) is 3.73. The molecule has 0 radical (unpaired) electrons. The molecule has 2 aliphatic heterocycles. The predicted octanol–water partition coefficient (Wildman–Crippen LogP) is 3.91. The Kier molecular flexibility index (Phi) is 10.2. The molecule has 2 aromatic heterocycles. The van der Waals surface area contributed by atoms with Crippen molar-refractivity contribution in [3.8, 4) is 23.3 Å². The summed E-state index contributed by atoms with van der Waals surface area (Å²) in [5, 5.41) is 35.0. The van der Waals surface area contributed by atoms with Crippen LogP contribution in [0.4, 0.5) is 11.4 Å². The summed E-state index contributed by atoms with van der Waals surface area (Å²) in [7, 11) is 0. The number of piperazine rings is 2. The van der Waals surface area contributed by atoms with Gasteiger partial charge < -0.3 is 29.1 Å². The van der Waals surface area contributed by atoms with E-state index < -0.39 is 11.9 Å². The number of anilines is 2. The lowest BCUT2D eigenvalue weighted by Crippen LogP contribution is -2.48. The van der Waals surface area contributed by atoms with Crippen molar-refractivity contribution in [2.45, 2.75) is 19.5 Å². The highest BCUT2D eigenvalue weighted by molar-refractivity contribution is 6.31. The second-order valence-corrected chi connectivity index (χ2v) is 14.3. The van der Waals surface area contributed by atoms with Crippen LogP contribution in [0.3, 0.4) is 0 Å². The lowest BCUT2D eigenvalue weighted by atomic mass is 10.0. The third-order valence-corrected chi connectivity index (χ3v) is 10.5. The number of benzene rings is 4. The van der Waals surface area contributed by atoms with Gasteiger partial charge in [0.05, 0.1) is 23.6 Å². The molecule has 6 aromatic rings. The van der Waals surface area contributed by atoms with E-state index in [0.717, 1.165) is 96.3 Å². The molecule has 0 bridgehead atoms. The highest BCUT2D eigenvalue weighted by Gasteiger charge is 2.27. The number of halogens is 2. The van der Waals surface area contributed by atoms with Crippen LogP contribution in [0.5, 0.6) is 11.9 Å². The monoisotopic (exact) mass is 752 g/mol. The van der Waals surface area contributed by atoms with Crippen LogP contribution in [-0.2, 0) is 19.5 Å². The first-order chi connectivity index (χ1) is 25.9. The maximum absolute atomic E-state index is 12.7. The minimum Gasteiger partial charge on any atom is -0.539 e. The molecule has 0 amide bonds. The average molecular weight is 754 g/mol. The molecule has 12 nitrogen and oxygen atoms in total. The van der Waals surface area contributed by atoms with Gasteiger partial charge in [-0.05, 0) is 63.3 Å². The Morgan fingerprint density at radius 1 is 0.547 bits per heavy atom. The first-order valence-corrected chi connectivity index (χ1v) is 18.4. The number of nitrogens with zero attached hydrogens (tertiary/aromatic N) is 8. The molecule has 4 heterocycles. The summed E-state index contributed by atoms with van der Waals surface area (Å²) >= 11 is 12.4. The van der Waals surface area contributed by atoms with Crippen molar-refractivity contribution in [3.05, 3.63) is 130 Å². The molecule has 4 aromatic carbocycles. The number of rotatable bonds is 10. The second-order valence-electron chi connectivity index (χ2n) is 13.4. The Balaban J connectivity index is 0.871. The van der Waals surface area contributed by atoms with Gasteiger partial charge in [-0.1, -0.05) is 59.6 Å². The molecular weight excluding hydrogens is 715 g/mol. The molecular formula is C39H38Cl2N8O4. The van der Waals surface area contributed by atoms with E-state index in [1.54, 1.807) is 9.36 Å². The van der Waals surface area contributed by atoms with E-state index in [1.807, 2.05) is 84.9 Å². The van der Waals surface area contributed by atoms with E-state index in [-0.39, 0.29) is 0 Å². The van der Waals surface area contributed by atoms with Crippen molar-refractivity contribution < 1.29 is 28.6 Å². The molecule has 2 fully saturated rings. The van der Waals surface area contributed by atoms with Crippen LogP contribution in [0.1, 0.15) is 22.5 Å². The highest BCUT2D eigenvalue weighted by atomic mass is 35.5. The molecule has 2 saturated heterocycles. The largest absolute Gasteiger partial charge is 0.539 e. The van der Waals surface area contributed by atoms with Gasteiger partial charge in [-0.25, -0.2) is 0 Å². The molecule has 272 valence electrons. The SMILES string of the molecule is [O-]c1on[n+](-c2ccc(Cc3ccc(-[n+]4noc([O-])c4CN4CCN(c5cccc(Cl)c5)CC4)cc3)cc2)c1CN1CCN(c2cccc(Cl)c2)CC1. The van der Waals surface area contributed by atoms with Crippen LogP contribution < -0.4 is 29.4 Å². The summed E-state index contributed by atoms with van der Waals surface area (Å²) in [6.45, 7) is 7.40. The van der Waals surface area contributed by atoms with Crippen LogP contribution in [0.15, 0.2) is 106 Å². The summed E-state index contributed by atoms with van der Waals surface area (Å²) in [6.07, 6.45) is 0.695. The molecule has 0 N–H and O–H groups in total. The Morgan fingerprint density at radius 2 is 0.943 bits per heavy atom. The summed E-state index contributed by atoms with van der Waals surface area (Å²) in [6, 6.07) is 31.7. The molecule has 0 atom stereocenters. The fourth-order valence-electron chi connectivity index (χ4n) is 7.05. The zero-order valence-corrected chi connectivity index (χ0v) is 30.5. The van der Waals surface area contributed by atoms with Gasteiger partial charge in [-0.3, -0.25) is 9.80 Å². The van der Waals surface area contributed by atoms with Gasteiger partial charge >= 0.3 is 0 Å².